The van der Waals surface area contributed by atoms with Gasteiger partial charge in [-0.25, -0.2) is 0 Å². The molecule has 8 heteroatoms. The van der Waals surface area contributed by atoms with Crippen LogP contribution in [-0.4, -0.2) is 11.1 Å². The summed E-state index contributed by atoms with van der Waals surface area (Å²) in [4.78, 5) is 13.6. The number of anilines is 1. The number of amides is 1. The van der Waals surface area contributed by atoms with Gasteiger partial charge in [-0.1, -0.05) is 23.4 Å². The van der Waals surface area contributed by atoms with Gasteiger partial charge in [-0.3, -0.25) is 4.79 Å². The number of nitrogens with zero attached hydrogens (tertiary/aromatic N) is 1. The Kier molecular flexibility index (Phi) is 3.87. The Bertz CT molecular complexity index is 944. The molecule has 0 saturated heterocycles. The quantitative estimate of drug-likeness (QED) is 0.688. The molecule has 4 nitrogen and oxygen atoms in total. The monoisotopic (exact) mass is 378 g/mol. The van der Waals surface area contributed by atoms with Gasteiger partial charge in [0, 0.05) is 6.07 Å². The molecule has 0 unspecified atom stereocenters. The van der Waals surface area contributed by atoms with Crippen molar-refractivity contribution in [2.75, 3.05) is 5.32 Å². The lowest BCUT2D eigenvalue weighted by Gasteiger charge is -2.16. The van der Waals surface area contributed by atoms with Crippen LogP contribution in [0.5, 0.6) is 0 Å². The van der Waals surface area contributed by atoms with Crippen LogP contribution in [0, 0.1) is 0 Å². The molecule has 1 aliphatic carbocycles. The summed E-state index contributed by atoms with van der Waals surface area (Å²) in [6, 6.07) is 10.4. The highest BCUT2D eigenvalue weighted by Gasteiger charge is 2.54. The van der Waals surface area contributed by atoms with Gasteiger partial charge in [0.05, 0.1) is 27.2 Å². The zero-order chi connectivity index (χ0) is 18.4. The van der Waals surface area contributed by atoms with E-state index in [1.807, 2.05) is 17.5 Å². The largest absolute Gasteiger partial charge is 0.418 e. The summed E-state index contributed by atoms with van der Waals surface area (Å²) in [5.41, 5.74) is -1.61. The fourth-order valence-electron chi connectivity index (χ4n) is 2.84. The Morgan fingerprint density at radius 2 is 1.96 bits per heavy atom. The van der Waals surface area contributed by atoms with E-state index in [1.54, 1.807) is 6.07 Å². The van der Waals surface area contributed by atoms with Crippen molar-refractivity contribution in [1.29, 1.82) is 0 Å². The van der Waals surface area contributed by atoms with Gasteiger partial charge in [0.2, 0.25) is 5.91 Å². The van der Waals surface area contributed by atoms with Gasteiger partial charge >= 0.3 is 6.18 Å². The van der Waals surface area contributed by atoms with Crippen LogP contribution >= 0.6 is 11.3 Å². The standard InChI is InChI=1S/C18H13F3N2O2S/c19-18(20,21)11-4-1-2-5-12(11)22-16(24)17(7-8-17)15-10-13(25-23-15)14-6-3-9-26-14/h1-6,9-10H,7-8H2,(H,22,24). The van der Waals surface area contributed by atoms with Gasteiger partial charge in [0.1, 0.15) is 0 Å². The lowest BCUT2D eigenvalue weighted by atomic mass is 10.0. The minimum Gasteiger partial charge on any atom is -0.355 e. The van der Waals surface area contributed by atoms with Gasteiger partial charge in [0.25, 0.3) is 0 Å². The first kappa shape index (κ1) is 16.8. The third-order valence-corrected chi connectivity index (χ3v) is 5.31. The Morgan fingerprint density at radius 3 is 2.62 bits per heavy atom. The number of benzene rings is 1. The van der Waals surface area contributed by atoms with E-state index in [4.69, 9.17) is 4.52 Å². The van der Waals surface area contributed by atoms with Crippen molar-refractivity contribution in [2.45, 2.75) is 24.4 Å². The predicted molar refractivity (Wildman–Crippen MR) is 90.8 cm³/mol. The molecule has 0 radical (unpaired) electrons. The van der Waals surface area contributed by atoms with E-state index >= 15 is 0 Å². The van der Waals surface area contributed by atoms with Crippen LogP contribution < -0.4 is 5.32 Å². The van der Waals surface area contributed by atoms with E-state index in [2.05, 4.69) is 10.5 Å². The van der Waals surface area contributed by atoms with Crippen molar-refractivity contribution < 1.29 is 22.5 Å². The smallest absolute Gasteiger partial charge is 0.355 e. The molecule has 2 aromatic heterocycles. The van der Waals surface area contributed by atoms with E-state index in [9.17, 15) is 18.0 Å². The van der Waals surface area contributed by atoms with Crippen LogP contribution in [0.3, 0.4) is 0 Å². The van der Waals surface area contributed by atoms with Gasteiger partial charge in [0.15, 0.2) is 5.76 Å². The molecule has 2 heterocycles. The van der Waals surface area contributed by atoms with Crippen molar-refractivity contribution >= 4 is 22.9 Å². The molecule has 1 fully saturated rings. The highest BCUT2D eigenvalue weighted by atomic mass is 32.1. The number of hydrogen-bond acceptors (Lipinski definition) is 4. The average molecular weight is 378 g/mol. The molecule has 0 bridgehead atoms. The topological polar surface area (TPSA) is 55.1 Å². The number of para-hydroxylation sites is 1. The number of carbonyl (C=O) groups excluding carboxylic acids is 1. The lowest BCUT2D eigenvalue weighted by Crippen LogP contribution is -2.29. The van der Waals surface area contributed by atoms with Crippen molar-refractivity contribution in [2.24, 2.45) is 0 Å². The van der Waals surface area contributed by atoms with E-state index in [0.29, 0.717) is 24.3 Å². The van der Waals surface area contributed by atoms with Crippen molar-refractivity contribution in [3.63, 3.8) is 0 Å². The Balaban J connectivity index is 1.60. The first-order chi connectivity index (χ1) is 12.4. The molecular formula is C18H13F3N2O2S. The number of hydrogen-bond donors (Lipinski definition) is 1. The highest BCUT2D eigenvalue weighted by molar-refractivity contribution is 7.13. The third kappa shape index (κ3) is 2.90. The molecule has 3 aromatic rings. The number of thiophene rings is 1. The number of nitrogens with one attached hydrogen (secondary N) is 1. The van der Waals surface area contributed by atoms with Crippen LogP contribution in [0.15, 0.2) is 52.4 Å². The number of rotatable bonds is 4. The zero-order valence-corrected chi connectivity index (χ0v) is 14.2. The van der Waals surface area contributed by atoms with Crippen LogP contribution in [0.1, 0.15) is 24.1 Å². The molecule has 0 spiro atoms. The van der Waals surface area contributed by atoms with E-state index in [-0.39, 0.29) is 5.69 Å². The predicted octanol–water partition coefficient (Wildman–Crippen LogP) is 5.09. The molecule has 0 atom stereocenters. The molecule has 4 rings (SSSR count). The van der Waals surface area contributed by atoms with E-state index < -0.39 is 23.1 Å². The van der Waals surface area contributed by atoms with Gasteiger partial charge in [-0.05, 0) is 36.4 Å². The molecule has 1 aliphatic rings. The maximum absolute atomic E-state index is 13.1. The number of alkyl halides is 3. The summed E-state index contributed by atoms with van der Waals surface area (Å²) in [5, 5.41) is 8.31. The summed E-state index contributed by atoms with van der Waals surface area (Å²) in [6.45, 7) is 0. The summed E-state index contributed by atoms with van der Waals surface area (Å²) in [7, 11) is 0. The van der Waals surface area contributed by atoms with Crippen molar-refractivity contribution in [3.05, 3.63) is 59.1 Å². The van der Waals surface area contributed by atoms with E-state index in [1.165, 1.54) is 29.5 Å². The highest BCUT2D eigenvalue weighted by Crippen LogP contribution is 2.49. The maximum Gasteiger partial charge on any atom is 0.418 e. The molecule has 1 N–H and O–H groups in total. The molecule has 1 aromatic carbocycles. The normalized spacial score (nSPS) is 15.7. The van der Waals surface area contributed by atoms with Crippen LogP contribution in [0.2, 0.25) is 0 Å². The molecule has 134 valence electrons. The third-order valence-electron chi connectivity index (χ3n) is 4.43. The van der Waals surface area contributed by atoms with E-state index in [0.717, 1.165) is 10.9 Å². The Labute approximate surface area is 150 Å². The van der Waals surface area contributed by atoms with Crippen LogP contribution in [0.25, 0.3) is 10.6 Å². The summed E-state index contributed by atoms with van der Waals surface area (Å²) < 4.78 is 44.7. The van der Waals surface area contributed by atoms with Crippen molar-refractivity contribution in [3.8, 4) is 10.6 Å². The van der Waals surface area contributed by atoms with Crippen molar-refractivity contribution in [1.82, 2.24) is 5.16 Å². The first-order valence-electron chi connectivity index (χ1n) is 7.89. The maximum atomic E-state index is 13.1. The second kappa shape index (κ2) is 5.98. The molecule has 0 aliphatic heterocycles. The number of aromatic nitrogens is 1. The molecular weight excluding hydrogens is 365 g/mol. The molecule has 1 amide bonds. The van der Waals surface area contributed by atoms with Crippen LogP contribution in [0.4, 0.5) is 18.9 Å². The fourth-order valence-corrected chi connectivity index (χ4v) is 3.51. The second-order valence-electron chi connectivity index (χ2n) is 6.13. The minimum atomic E-state index is -4.54. The Morgan fingerprint density at radius 1 is 1.19 bits per heavy atom. The SMILES string of the molecule is O=C(Nc1ccccc1C(F)(F)F)C1(c2cc(-c3cccs3)on2)CC1. The average Bonchev–Trinajstić information content (AvgIpc) is 3.02. The fraction of sp³-hybridized carbons (Fsp3) is 0.222. The van der Waals surface area contributed by atoms with Gasteiger partial charge in [-0.2, -0.15) is 13.2 Å². The van der Waals surface area contributed by atoms with Gasteiger partial charge < -0.3 is 9.84 Å². The summed E-state index contributed by atoms with van der Waals surface area (Å²) in [6.07, 6.45) is -3.51. The summed E-state index contributed by atoms with van der Waals surface area (Å²) >= 11 is 1.48. The van der Waals surface area contributed by atoms with Crippen LogP contribution in [-0.2, 0) is 16.4 Å². The Hall–Kier alpha value is -2.61. The number of carbonyl (C=O) groups is 1. The zero-order valence-electron chi connectivity index (χ0n) is 13.3. The number of halogens is 3. The lowest BCUT2D eigenvalue weighted by molar-refractivity contribution is -0.137. The van der Waals surface area contributed by atoms with Gasteiger partial charge in [-0.15, -0.1) is 11.3 Å². The summed E-state index contributed by atoms with van der Waals surface area (Å²) in [5.74, 6) is 0.0463. The molecule has 26 heavy (non-hydrogen) atoms. The minimum absolute atomic E-state index is 0.252. The molecule has 1 saturated carbocycles. The first-order valence-corrected chi connectivity index (χ1v) is 8.77. The second-order valence-corrected chi connectivity index (χ2v) is 7.08.